The molecule has 0 saturated heterocycles. The number of carbonyl (C=O) groups excluding carboxylic acids is 1. The molecule has 4 rings (SSSR count). The van der Waals surface area contributed by atoms with Crippen molar-refractivity contribution in [1.82, 2.24) is 9.38 Å². The van der Waals surface area contributed by atoms with Crippen molar-refractivity contribution < 1.29 is 22.7 Å². The molecule has 4 nitrogen and oxygen atoms in total. The molecule has 2 heterocycles. The van der Waals surface area contributed by atoms with Crippen LogP contribution in [0.3, 0.4) is 0 Å². The Morgan fingerprint density at radius 3 is 2.66 bits per heavy atom. The van der Waals surface area contributed by atoms with Crippen LogP contribution in [0.2, 0.25) is 5.02 Å². The van der Waals surface area contributed by atoms with Gasteiger partial charge in [-0.1, -0.05) is 43.0 Å². The number of alkyl halides is 3. The van der Waals surface area contributed by atoms with Crippen LogP contribution in [-0.4, -0.2) is 15.4 Å². The lowest BCUT2D eigenvalue weighted by molar-refractivity contribution is -0.140. The van der Waals surface area contributed by atoms with E-state index in [0.717, 1.165) is 44.4 Å². The normalized spacial score (nSPS) is 15.6. The summed E-state index contributed by atoms with van der Waals surface area (Å²) in [5, 5.41) is -0.0431. The molecular formula is C21H18ClF3N2O2. The lowest BCUT2D eigenvalue weighted by Crippen LogP contribution is -2.22. The highest BCUT2D eigenvalue weighted by Crippen LogP contribution is 2.34. The van der Waals surface area contributed by atoms with E-state index >= 15 is 0 Å². The van der Waals surface area contributed by atoms with Crippen molar-refractivity contribution in [2.45, 2.75) is 38.3 Å². The Hall–Kier alpha value is -2.54. The molecule has 1 aliphatic rings. The third-order valence-electron chi connectivity index (χ3n) is 5.17. The van der Waals surface area contributed by atoms with Gasteiger partial charge in [-0.05, 0) is 31.0 Å². The molecule has 0 spiro atoms. The number of carbonyl (C=O) groups is 1. The van der Waals surface area contributed by atoms with E-state index in [1.54, 1.807) is 24.3 Å². The molecule has 1 fully saturated rings. The molecular weight excluding hydrogens is 405 g/mol. The number of ether oxygens (including phenoxy) is 1. The zero-order chi connectivity index (χ0) is 20.6. The first-order chi connectivity index (χ1) is 13.8. The average molecular weight is 423 g/mol. The number of nitrogens with zero attached hydrogens (tertiary/aromatic N) is 2. The van der Waals surface area contributed by atoms with Crippen molar-refractivity contribution >= 4 is 23.1 Å². The molecule has 1 saturated carbocycles. The Balaban J connectivity index is 1.67. The van der Waals surface area contributed by atoms with Gasteiger partial charge in [0.25, 0.3) is 0 Å². The Morgan fingerprint density at radius 1 is 1.17 bits per heavy atom. The standard InChI is InChI=1S/C21H18ClF3N2O2/c22-17-10-15(21(23,24)25)12-27-18(17)11-26-19(27)14-7-4-8-16(9-14)29-20(28)13-5-2-1-3-6-13/h4,7-13H,1-3,5-6H2. The quantitative estimate of drug-likeness (QED) is 0.375. The van der Waals surface area contributed by atoms with E-state index in [4.69, 9.17) is 16.3 Å². The van der Waals surface area contributed by atoms with E-state index < -0.39 is 11.7 Å². The van der Waals surface area contributed by atoms with Crippen LogP contribution in [0.25, 0.3) is 16.9 Å². The van der Waals surface area contributed by atoms with Crippen LogP contribution in [0.4, 0.5) is 13.2 Å². The zero-order valence-electron chi connectivity index (χ0n) is 15.4. The van der Waals surface area contributed by atoms with E-state index in [2.05, 4.69) is 4.98 Å². The summed E-state index contributed by atoms with van der Waals surface area (Å²) in [6, 6.07) is 7.50. The summed E-state index contributed by atoms with van der Waals surface area (Å²) in [5.41, 5.74) is 0.0164. The summed E-state index contributed by atoms with van der Waals surface area (Å²) in [7, 11) is 0. The third-order valence-corrected chi connectivity index (χ3v) is 5.47. The van der Waals surface area contributed by atoms with Crippen molar-refractivity contribution in [2.75, 3.05) is 0 Å². The Bertz CT molecular complexity index is 1060. The zero-order valence-corrected chi connectivity index (χ0v) is 16.1. The third kappa shape index (κ3) is 4.10. The number of hydrogen-bond acceptors (Lipinski definition) is 3. The van der Waals surface area contributed by atoms with Crippen LogP contribution >= 0.6 is 11.6 Å². The lowest BCUT2D eigenvalue weighted by Gasteiger charge is -2.19. The summed E-state index contributed by atoms with van der Waals surface area (Å²) in [4.78, 5) is 16.6. The van der Waals surface area contributed by atoms with Gasteiger partial charge in [-0.15, -0.1) is 0 Å². The number of fused-ring (bicyclic) bond motifs is 1. The Kier molecular flexibility index (Phi) is 5.25. The predicted octanol–water partition coefficient (Wildman–Crippen LogP) is 6.16. The highest BCUT2D eigenvalue weighted by atomic mass is 35.5. The molecule has 152 valence electrons. The van der Waals surface area contributed by atoms with Gasteiger partial charge >= 0.3 is 12.1 Å². The van der Waals surface area contributed by atoms with Crippen LogP contribution in [0.5, 0.6) is 5.75 Å². The van der Waals surface area contributed by atoms with Gasteiger partial charge in [0.05, 0.1) is 28.2 Å². The molecule has 0 aliphatic heterocycles. The minimum absolute atomic E-state index is 0.0431. The molecule has 8 heteroatoms. The van der Waals surface area contributed by atoms with E-state index in [1.165, 1.54) is 10.6 Å². The largest absolute Gasteiger partial charge is 0.426 e. The minimum Gasteiger partial charge on any atom is -0.426 e. The molecule has 1 aromatic carbocycles. The highest BCUT2D eigenvalue weighted by Gasteiger charge is 2.32. The maximum atomic E-state index is 13.2. The fourth-order valence-electron chi connectivity index (χ4n) is 3.66. The van der Waals surface area contributed by atoms with Gasteiger partial charge in [0.1, 0.15) is 11.6 Å². The summed E-state index contributed by atoms with van der Waals surface area (Å²) in [6.07, 6.45) is 2.66. The molecule has 0 radical (unpaired) electrons. The van der Waals surface area contributed by atoms with Crippen LogP contribution < -0.4 is 4.74 Å². The molecule has 0 bridgehead atoms. The SMILES string of the molecule is O=C(Oc1cccc(-c2ncc3c(Cl)cc(C(F)(F)F)cn23)c1)C1CCCCC1. The molecule has 2 aromatic heterocycles. The van der Waals surface area contributed by atoms with Gasteiger partial charge in [0, 0.05) is 11.8 Å². The second-order valence-electron chi connectivity index (χ2n) is 7.20. The van der Waals surface area contributed by atoms with E-state index in [9.17, 15) is 18.0 Å². The number of aromatic nitrogens is 2. The number of halogens is 4. The molecule has 0 unspecified atom stereocenters. The molecule has 29 heavy (non-hydrogen) atoms. The van der Waals surface area contributed by atoms with Crippen LogP contribution in [0, 0.1) is 5.92 Å². The smallest absolute Gasteiger partial charge is 0.417 e. The van der Waals surface area contributed by atoms with Crippen molar-refractivity contribution in [3.8, 4) is 17.1 Å². The van der Waals surface area contributed by atoms with Crippen molar-refractivity contribution in [2.24, 2.45) is 5.92 Å². The summed E-state index contributed by atoms with van der Waals surface area (Å²) >= 11 is 6.02. The van der Waals surface area contributed by atoms with Gasteiger partial charge < -0.3 is 4.74 Å². The summed E-state index contributed by atoms with van der Waals surface area (Å²) in [6.45, 7) is 0. The number of hydrogen-bond donors (Lipinski definition) is 0. The van der Waals surface area contributed by atoms with E-state index in [1.807, 2.05) is 0 Å². The number of rotatable bonds is 3. The van der Waals surface area contributed by atoms with Crippen molar-refractivity contribution in [3.05, 3.63) is 53.3 Å². The number of esters is 1. The number of benzene rings is 1. The molecule has 1 aliphatic carbocycles. The summed E-state index contributed by atoms with van der Waals surface area (Å²) in [5.74, 6) is 0.251. The summed E-state index contributed by atoms with van der Waals surface area (Å²) < 4.78 is 46.3. The van der Waals surface area contributed by atoms with Crippen LogP contribution in [0.1, 0.15) is 37.7 Å². The fraction of sp³-hybridized carbons (Fsp3) is 0.333. The molecule has 0 N–H and O–H groups in total. The van der Waals surface area contributed by atoms with Crippen molar-refractivity contribution in [3.63, 3.8) is 0 Å². The maximum absolute atomic E-state index is 13.2. The predicted molar refractivity (Wildman–Crippen MR) is 103 cm³/mol. The highest BCUT2D eigenvalue weighted by molar-refractivity contribution is 6.33. The van der Waals surface area contributed by atoms with Gasteiger partial charge in [-0.2, -0.15) is 13.2 Å². The topological polar surface area (TPSA) is 43.6 Å². The monoisotopic (exact) mass is 422 g/mol. The lowest BCUT2D eigenvalue weighted by atomic mass is 9.89. The first-order valence-corrected chi connectivity index (χ1v) is 9.76. The average Bonchev–Trinajstić information content (AvgIpc) is 3.13. The van der Waals surface area contributed by atoms with E-state index in [-0.39, 0.29) is 22.7 Å². The maximum Gasteiger partial charge on any atom is 0.417 e. The fourth-order valence-corrected chi connectivity index (χ4v) is 3.92. The first-order valence-electron chi connectivity index (χ1n) is 9.39. The number of pyridine rings is 1. The Labute approximate surface area is 170 Å². The van der Waals surface area contributed by atoms with Gasteiger partial charge in [-0.3, -0.25) is 9.20 Å². The van der Waals surface area contributed by atoms with E-state index in [0.29, 0.717) is 16.8 Å². The second-order valence-corrected chi connectivity index (χ2v) is 7.60. The number of imidazole rings is 1. The minimum atomic E-state index is -4.53. The molecule has 3 aromatic rings. The van der Waals surface area contributed by atoms with Crippen LogP contribution in [0.15, 0.2) is 42.7 Å². The molecule has 0 atom stereocenters. The van der Waals surface area contributed by atoms with Gasteiger partial charge in [0.2, 0.25) is 0 Å². The van der Waals surface area contributed by atoms with Crippen LogP contribution in [-0.2, 0) is 11.0 Å². The molecule has 0 amide bonds. The second kappa shape index (κ2) is 7.71. The van der Waals surface area contributed by atoms with Gasteiger partial charge in [0.15, 0.2) is 0 Å². The first kappa shape index (κ1) is 19.8. The van der Waals surface area contributed by atoms with Gasteiger partial charge in [-0.25, -0.2) is 4.98 Å². The van der Waals surface area contributed by atoms with Crippen molar-refractivity contribution in [1.29, 1.82) is 0 Å². The Morgan fingerprint density at radius 2 is 1.93 bits per heavy atom.